The second-order valence-corrected chi connectivity index (χ2v) is 7.53. The van der Waals surface area contributed by atoms with Gasteiger partial charge in [-0.05, 0) is 18.2 Å². The summed E-state index contributed by atoms with van der Waals surface area (Å²) >= 11 is 0. The van der Waals surface area contributed by atoms with Crippen LogP contribution in [0, 0.1) is 0 Å². The van der Waals surface area contributed by atoms with Crippen molar-refractivity contribution in [2.24, 2.45) is 0 Å². The van der Waals surface area contributed by atoms with Crippen LogP contribution < -0.4 is 10.2 Å². The standard InChI is InChI=1S/C22H20O12/c1-31-21(30)20-18(28)17(27)19(29)22(34-20)33-14-4-8(2-3-10(14)24)13-7-12(26)16-11(25)5-9(23)6-15(16)32-13/h2-7,17-20,22-25,27-29H,1H3/t17-,18-,19+,20-,22?/m0/s1. The molecule has 0 saturated carbocycles. The van der Waals surface area contributed by atoms with Gasteiger partial charge in [0.15, 0.2) is 23.0 Å². The van der Waals surface area contributed by atoms with E-state index in [-0.39, 0.29) is 33.8 Å². The van der Waals surface area contributed by atoms with Crippen molar-refractivity contribution >= 4 is 16.9 Å². The highest BCUT2D eigenvalue weighted by Crippen LogP contribution is 2.36. The molecule has 3 aromatic rings. The van der Waals surface area contributed by atoms with Crippen LogP contribution in [0.3, 0.4) is 0 Å². The first-order chi connectivity index (χ1) is 16.1. The highest BCUT2D eigenvalue weighted by molar-refractivity contribution is 5.86. The van der Waals surface area contributed by atoms with Crippen LogP contribution in [0.5, 0.6) is 23.0 Å². The molecule has 1 aliphatic heterocycles. The van der Waals surface area contributed by atoms with E-state index in [2.05, 4.69) is 4.74 Å². The molecule has 5 atom stereocenters. The normalized spacial score (nSPS) is 24.6. The Morgan fingerprint density at radius 1 is 0.941 bits per heavy atom. The summed E-state index contributed by atoms with van der Waals surface area (Å²) in [5, 5.41) is 59.9. The summed E-state index contributed by atoms with van der Waals surface area (Å²) in [6.07, 6.45) is -8.78. The van der Waals surface area contributed by atoms with Gasteiger partial charge in [-0.15, -0.1) is 0 Å². The van der Waals surface area contributed by atoms with Gasteiger partial charge in [0.1, 0.15) is 46.5 Å². The van der Waals surface area contributed by atoms with Crippen LogP contribution in [0.1, 0.15) is 0 Å². The number of hydrogen-bond acceptors (Lipinski definition) is 12. The third-order valence-corrected chi connectivity index (χ3v) is 5.29. The molecule has 0 amide bonds. The number of ether oxygens (including phenoxy) is 3. The minimum Gasteiger partial charge on any atom is -0.508 e. The predicted octanol–water partition coefficient (Wildman–Crippen LogP) is -0.0638. The third kappa shape index (κ3) is 4.10. The summed E-state index contributed by atoms with van der Waals surface area (Å²) in [4.78, 5) is 24.3. The molecular weight excluding hydrogens is 456 g/mol. The molecule has 1 fully saturated rings. The van der Waals surface area contributed by atoms with E-state index >= 15 is 0 Å². The molecule has 1 aliphatic rings. The third-order valence-electron chi connectivity index (χ3n) is 5.29. The number of hydrogen-bond donors (Lipinski definition) is 6. The average molecular weight is 476 g/mol. The van der Waals surface area contributed by atoms with Gasteiger partial charge in [-0.3, -0.25) is 4.79 Å². The molecule has 6 N–H and O–H groups in total. The maximum atomic E-state index is 12.5. The molecule has 0 bridgehead atoms. The molecule has 1 saturated heterocycles. The number of phenolic OH excluding ortho intramolecular Hbond substituents is 3. The SMILES string of the molecule is COC(=O)[C@H]1OC(Oc2cc(-c3cc(=O)c4c(O)cc(O)cc4o3)ccc2O)[C@H](O)[C@@H](O)[C@@H]1O. The van der Waals surface area contributed by atoms with Crippen LogP contribution in [0.4, 0.5) is 0 Å². The van der Waals surface area contributed by atoms with Crippen LogP contribution in [-0.2, 0) is 14.3 Å². The molecule has 0 radical (unpaired) electrons. The molecule has 12 heteroatoms. The average Bonchev–Trinajstić information content (AvgIpc) is 2.79. The topological polar surface area (TPSA) is 196 Å². The highest BCUT2D eigenvalue weighted by atomic mass is 16.7. The van der Waals surface area contributed by atoms with E-state index in [0.717, 1.165) is 25.3 Å². The van der Waals surface area contributed by atoms with E-state index in [0.29, 0.717) is 0 Å². The number of aliphatic hydroxyl groups is 3. The maximum absolute atomic E-state index is 12.5. The second-order valence-electron chi connectivity index (χ2n) is 7.53. The van der Waals surface area contributed by atoms with Crippen molar-refractivity contribution in [2.45, 2.75) is 30.7 Å². The number of fused-ring (bicyclic) bond motifs is 1. The number of methoxy groups -OCH3 is 1. The number of benzene rings is 2. The van der Waals surface area contributed by atoms with Gasteiger partial charge in [0.05, 0.1) is 7.11 Å². The monoisotopic (exact) mass is 476 g/mol. The predicted molar refractivity (Wildman–Crippen MR) is 112 cm³/mol. The zero-order valence-corrected chi connectivity index (χ0v) is 17.5. The first-order valence-corrected chi connectivity index (χ1v) is 9.88. The lowest BCUT2D eigenvalue weighted by Gasteiger charge is -2.38. The Kier molecular flexibility index (Phi) is 6.06. The lowest BCUT2D eigenvalue weighted by molar-refractivity contribution is -0.272. The number of aromatic hydroxyl groups is 3. The number of carbonyl (C=O) groups is 1. The smallest absolute Gasteiger partial charge is 0.337 e. The lowest BCUT2D eigenvalue weighted by atomic mass is 9.99. The molecule has 1 aromatic heterocycles. The van der Waals surface area contributed by atoms with Crippen molar-refractivity contribution < 1.29 is 54.1 Å². The van der Waals surface area contributed by atoms with E-state index in [1.54, 1.807) is 0 Å². The number of phenols is 3. The van der Waals surface area contributed by atoms with Crippen molar-refractivity contribution in [1.29, 1.82) is 0 Å². The van der Waals surface area contributed by atoms with Crippen LogP contribution >= 0.6 is 0 Å². The summed E-state index contributed by atoms with van der Waals surface area (Å²) in [7, 11) is 1.04. The number of esters is 1. The van der Waals surface area contributed by atoms with Crippen molar-refractivity contribution in [3.8, 4) is 34.3 Å². The van der Waals surface area contributed by atoms with Crippen molar-refractivity contribution in [1.82, 2.24) is 0 Å². The molecular formula is C22H20O12. The largest absolute Gasteiger partial charge is 0.508 e. The minimum absolute atomic E-state index is 0.0136. The van der Waals surface area contributed by atoms with Gasteiger partial charge in [0, 0.05) is 23.8 Å². The Hall–Kier alpha value is -3.84. The number of carbonyl (C=O) groups excluding carboxylic acids is 1. The molecule has 4 rings (SSSR count). The number of rotatable bonds is 4. The molecule has 2 heterocycles. The van der Waals surface area contributed by atoms with E-state index in [4.69, 9.17) is 13.9 Å². The molecule has 1 unspecified atom stereocenters. The Bertz CT molecular complexity index is 1300. The van der Waals surface area contributed by atoms with Crippen molar-refractivity contribution in [2.75, 3.05) is 7.11 Å². The van der Waals surface area contributed by atoms with Gasteiger partial charge in [0.25, 0.3) is 0 Å². The summed E-state index contributed by atoms with van der Waals surface area (Å²) in [5.41, 5.74) is -0.488. The fourth-order valence-corrected chi connectivity index (χ4v) is 3.54. The van der Waals surface area contributed by atoms with Crippen LogP contribution in [0.25, 0.3) is 22.3 Å². The quantitative estimate of drug-likeness (QED) is 0.275. The van der Waals surface area contributed by atoms with Crippen LogP contribution in [0.2, 0.25) is 0 Å². The van der Waals surface area contributed by atoms with E-state index in [9.17, 15) is 40.2 Å². The first-order valence-electron chi connectivity index (χ1n) is 9.88. The maximum Gasteiger partial charge on any atom is 0.337 e. The zero-order valence-electron chi connectivity index (χ0n) is 17.5. The van der Waals surface area contributed by atoms with E-state index < -0.39 is 53.6 Å². The Labute approximate surface area is 190 Å². The lowest BCUT2D eigenvalue weighted by Crippen LogP contribution is -2.61. The summed E-state index contributed by atoms with van der Waals surface area (Å²) in [5.74, 6) is -2.53. The molecule has 180 valence electrons. The molecule has 0 spiro atoms. The van der Waals surface area contributed by atoms with Crippen molar-refractivity contribution in [3.05, 3.63) is 46.6 Å². The van der Waals surface area contributed by atoms with Gasteiger partial charge in [-0.25, -0.2) is 4.79 Å². The Balaban J connectivity index is 1.69. The Morgan fingerprint density at radius 2 is 1.68 bits per heavy atom. The summed E-state index contributed by atoms with van der Waals surface area (Å²) in [6.45, 7) is 0. The van der Waals surface area contributed by atoms with Gasteiger partial charge in [-0.2, -0.15) is 0 Å². The van der Waals surface area contributed by atoms with Crippen LogP contribution in [-0.4, -0.2) is 74.4 Å². The molecule has 2 aromatic carbocycles. The molecule has 12 nitrogen and oxygen atoms in total. The van der Waals surface area contributed by atoms with Gasteiger partial charge < -0.3 is 49.3 Å². The van der Waals surface area contributed by atoms with Gasteiger partial charge in [0.2, 0.25) is 6.29 Å². The van der Waals surface area contributed by atoms with Crippen molar-refractivity contribution in [3.63, 3.8) is 0 Å². The first kappa shape index (κ1) is 23.3. The van der Waals surface area contributed by atoms with Gasteiger partial charge >= 0.3 is 5.97 Å². The second kappa shape index (κ2) is 8.83. The zero-order chi connectivity index (χ0) is 24.7. The highest BCUT2D eigenvalue weighted by Gasteiger charge is 2.48. The minimum atomic E-state index is -1.83. The van der Waals surface area contributed by atoms with Gasteiger partial charge in [-0.1, -0.05) is 0 Å². The summed E-state index contributed by atoms with van der Waals surface area (Å²) < 4.78 is 20.8. The molecule has 0 aliphatic carbocycles. The van der Waals surface area contributed by atoms with E-state index in [1.807, 2.05) is 0 Å². The summed E-state index contributed by atoms with van der Waals surface area (Å²) in [6, 6.07) is 7.00. The van der Waals surface area contributed by atoms with E-state index in [1.165, 1.54) is 18.2 Å². The fraction of sp³-hybridized carbons (Fsp3) is 0.273. The van der Waals surface area contributed by atoms with Crippen LogP contribution in [0.15, 0.2) is 45.6 Å². The number of aliphatic hydroxyl groups excluding tert-OH is 3. The molecule has 34 heavy (non-hydrogen) atoms. The fourth-order valence-electron chi connectivity index (χ4n) is 3.54. The Morgan fingerprint density at radius 3 is 2.38 bits per heavy atom.